The van der Waals surface area contributed by atoms with E-state index in [1.54, 1.807) is 35.3 Å². The van der Waals surface area contributed by atoms with Crippen LogP contribution in [0.15, 0.2) is 84.1 Å². The summed E-state index contributed by atoms with van der Waals surface area (Å²) in [5.41, 5.74) is 1.77. The quantitative estimate of drug-likeness (QED) is 0.332. The summed E-state index contributed by atoms with van der Waals surface area (Å²) in [6, 6.07) is 15.2. The average molecular weight is 545 g/mol. The van der Waals surface area contributed by atoms with Crippen molar-refractivity contribution >= 4 is 10.0 Å². The summed E-state index contributed by atoms with van der Waals surface area (Å²) in [4.78, 5) is 8.29. The minimum absolute atomic E-state index is 0.000574. The van der Waals surface area contributed by atoms with E-state index in [9.17, 15) is 21.6 Å². The number of hydrogen-bond acceptors (Lipinski definition) is 6. The molecule has 38 heavy (non-hydrogen) atoms. The predicted molar refractivity (Wildman–Crippen MR) is 131 cm³/mol. The summed E-state index contributed by atoms with van der Waals surface area (Å²) in [6.07, 6.45) is -0.0607. The van der Waals surface area contributed by atoms with E-state index in [1.165, 1.54) is 17.5 Å². The van der Waals surface area contributed by atoms with Gasteiger partial charge in [0.15, 0.2) is 0 Å². The first-order valence-corrected chi connectivity index (χ1v) is 13.0. The lowest BCUT2D eigenvalue weighted by Crippen LogP contribution is -2.36. The molecule has 1 unspecified atom stereocenters. The Balaban J connectivity index is 1.71. The maximum atomic E-state index is 14.3. The molecule has 0 saturated heterocycles. The van der Waals surface area contributed by atoms with E-state index in [2.05, 4.69) is 14.7 Å². The van der Waals surface area contributed by atoms with Crippen LogP contribution in [0.1, 0.15) is 28.6 Å². The number of pyridine rings is 1. The van der Waals surface area contributed by atoms with Crippen molar-refractivity contribution in [2.45, 2.75) is 36.9 Å². The number of rotatable bonds is 7. The molecule has 0 saturated carbocycles. The minimum atomic E-state index is -5.10. The Hall–Kier alpha value is -3.74. The molecule has 0 spiro atoms. The first kappa shape index (κ1) is 25.9. The van der Waals surface area contributed by atoms with Crippen LogP contribution in [0.25, 0.3) is 5.82 Å². The van der Waals surface area contributed by atoms with Gasteiger partial charge in [0.05, 0.1) is 12.6 Å². The number of nitrogens with zero attached hydrogens (tertiary/aromatic N) is 4. The van der Waals surface area contributed by atoms with Crippen LogP contribution in [0, 0.1) is 0 Å². The van der Waals surface area contributed by atoms with Gasteiger partial charge >= 0.3 is 6.36 Å². The summed E-state index contributed by atoms with van der Waals surface area (Å²) in [5.74, 6) is 0.0617. The van der Waals surface area contributed by atoms with E-state index in [0.717, 1.165) is 17.7 Å². The molecule has 4 aromatic rings. The lowest BCUT2D eigenvalue weighted by Gasteiger charge is -2.29. The molecular weight excluding hydrogens is 521 g/mol. The largest absolute Gasteiger partial charge is 0.573 e. The number of sulfonamides is 1. The molecule has 8 nitrogen and oxygen atoms in total. The van der Waals surface area contributed by atoms with E-state index in [0.29, 0.717) is 22.8 Å². The third-order valence-corrected chi connectivity index (χ3v) is 8.02. The van der Waals surface area contributed by atoms with Gasteiger partial charge in [0.25, 0.3) is 0 Å². The molecule has 1 aliphatic rings. The van der Waals surface area contributed by atoms with Crippen molar-refractivity contribution in [1.29, 1.82) is 0 Å². The van der Waals surface area contributed by atoms with Crippen molar-refractivity contribution in [3.8, 4) is 11.6 Å². The minimum Gasteiger partial charge on any atom is -0.404 e. The topological polar surface area (TPSA) is 86.5 Å². The van der Waals surface area contributed by atoms with Gasteiger partial charge in [-0.1, -0.05) is 42.5 Å². The zero-order chi connectivity index (χ0) is 26.9. The van der Waals surface area contributed by atoms with E-state index in [1.807, 2.05) is 30.3 Å². The van der Waals surface area contributed by atoms with Crippen LogP contribution < -0.4 is 4.74 Å². The summed E-state index contributed by atoms with van der Waals surface area (Å²) in [6.45, 7) is -0.147. The van der Waals surface area contributed by atoms with Gasteiger partial charge in [0, 0.05) is 37.8 Å². The molecule has 0 amide bonds. The molecule has 3 heterocycles. The van der Waals surface area contributed by atoms with E-state index in [-0.39, 0.29) is 19.6 Å². The SMILES string of the molecule is COCc1ccc(OC(F)(F)F)c(S(=O)(=O)N2Cc3cccnc3-n3ccnc3C2Cc2ccccc2)c1. The molecule has 0 fully saturated rings. The van der Waals surface area contributed by atoms with Gasteiger partial charge in [0.1, 0.15) is 22.3 Å². The third kappa shape index (κ3) is 5.15. The van der Waals surface area contributed by atoms with E-state index in [4.69, 9.17) is 4.74 Å². The Bertz CT molecular complexity index is 1540. The highest BCUT2D eigenvalue weighted by Gasteiger charge is 2.41. The summed E-state index contributed by atoms with van der Waals surface area (Å²) >= 11 is 0. The number of methoxy groups -OCH3 is 1. The number of ether oxygens (including phenoxy) is 2. The molecule has 0 bridgehead atoms. The standard InChI is InChI=1S/C26H23F3N4O4S/c1-36-17-19-9-10-22(37-26(27,28)29)23(15-19)38(34,35)33-16-20-8-5-11-30-24(20)32-13-12-31-25(32)21(33)14-18-6-3-2-4-7-18/h2-13,15,21H,14,16-17H2,1H3. The Morgan fingerprint density at radius 2 is 1.79 bits per heavy atom. The van der Waals surface area contributed by atoms with Crippen LogP contribution in [0.4, 0.5) is 13.2 Å². The Labute approximate surface area is 217 Å². The number of aromatic nitrogens is 3. The fraction of sp³-hybridized carbons (Fsp3) is 0.231. The molecule has 0 aliphatic carbocycles. The fourth-order valence-corrected chi connectivity index (χ4v) is 6.28. The predicted octanol–water partition coefficient (Wildman–Crippen LogP) is 4.80. The second-order valence-electron chi connectivity index (χ2n) is 8.66. The fourth-order valence-electron chi connectivity index (χ4n) is 4.55. The van der Waals surface area contributed by atoms with Crippen molar-refractivity contribution in [1.82, 2.24) is 18.8 Å². The van der Waals surface area contributed by atoms with E-state index >= 15 is 0 Å². The molecule has 2 aromatic carbocycles. The lowest BCUT2D eigenvalue weighted by atomic mass is 10.1. The Kier molecular flexibility index (Phi) is 6.95. The number of alkyl halides is 3. The summed E-state index contributed by atoms with van der Waals surface area (Å²) in [5, 5.41) is 0. The molecule has 12 heteroatoms. The number of fused-ring (bicyclic) bond motifs is 3. The van der Waals surface area contributed by atoms with Gasteiger partial charge < -0.3 is 9.47 Å². The number of halogens is 3. The van der Waals surface area contributed by atoms with Crippen LogP contribution in [0.2, 0.25) is 0 Å². The molecule has 1 atom stereocenters. The monoisotopic (exact) mass is 544 g/mol. The summed E-state index contributed by atoms with van der Waals surface area (Å²) < 4.78 is 80.7. The van der Waals surface area contributed by atoms with Crippen LogP contribution in [-0.4, -0.2) is 40.7 Å². The Morgan fingerprint density at radius 3 is 2.53 bits per heavy atom. The van der Waals surface area contributed by atoms with Crippen LogP contribution in [0.5, 0.6) is 5.75 Å². The van der Waals surface area contributed by atoms with Gasteiger partial charge in [0.2, 0.25) is 10.0 Å². The first-order chi connectivity index (χ1) is 18.2. The molecule has 0 radical (unpaired) electrons. The second-order valence-corrected chi connectivity index (χ2v) is 10.5. The highest BCUT2D eigenvalue weighted by Crippen LogP contribution is 2.40. The van der Waals surface area contributed by atoms with Crippen molar-refractivity contribution in [3.05, 3.63) is 102 Å². The van der Waals surface area contributed by atoms with Crippen LogP contribution >= 0.6 is 0 Å². The molecule has 1 aliphatic heterocycles. The summed E-state index contributed by atoms with van der Waals surface area (Å²) in [7, 11) is -3.18. The molecule has 198 valence electrons. The van der Waals surface area contributed by atoms with Crippen LogP contribution in [0.3, 0.4) is 0 Å². The van der Waals surface area contributed by atoms with Crippen molar-refractivity contribution < 1.29 is 31.1 Å². The van der Waals surface area contributed by atoms with Gasteiger partial charge in [-0.15, -0.1) is 13.2 Å². The normalized spacial score (nSPS) is 15.9. The van der Waals surface area contributed by atoms with E-state index < -0.39 is 33.1 Å². The molecular formula is C26H23F3N4O4S. The zero-order valence-electron chi connectivity index (χ0n) is 20.2. The van der Waals surface area contributed by atoms with Gasteiger partial charge in [-0.3, -0.25) is 4.57 Å². The van der Waals surface area contributed by atoms with Crippen molar-refractivity contribution in [2.24, 2.45) is 0 Å². The average Bonchev–Trinajstić information content (AvgIpc) is 3.32. The molecule has 0 N–H and O–H groups in total. The highest BCUT2D eigenvalue weighted by atomic mass is 32.2. The lowest BCUT2D eigenvalue weighted by molar-refractivity contribution is -0.275. The number of benzene rings is 2. The zero-order valence-corrected chi connectivity index (χ0v) is 21.0. The number of imidazole rings is 1. The molecule has 5 rings (SSSR count). The first-order valence-electron chi connectivity index (χ1n) is 11.6. The maximum absolute atomic E-state index is 14.3. The Morgan fingerprint density at radius 1 is 1.00 bits per heavy atom. The van der Waals surface area contributed by atoms with Crippen molar-refractivity contribution in [3.63, 3.8) is 0 Å². The molecule has 2 aromatic heterocycles. The van der Waals surface area contributed by atoms with Gasteiger partial charge in [-0.2, -0.15) is 4.31 Å². The number of hydrogen-bond donors (Lipinski definition) is 0. The third-order valence-electron chi connectivity index (χ3n) is 6.14. The maximum Gasteiger partial charge on any atom is 0.573 e. The highest BCUT2D eigenvalue weighted by molar-refractivity contribution is 7.89. The van der Waals surface area contributed by atoms with Crippen LogP contribution in [-0.2, 0) is 34.3 Å². The second kappa shape index (κ2) is 10.2. The smallest absolute Gasteiger partial charge is 0.404 e. The van der Waals surface area contributed by atoms with Gasteiger partial charge in [-0.25, -0.2) is 18.4 Å². The van der Waals surface area contributed by atoms with Crippen molar-refractivity contribution in [2.75, 3.05) is 7.11 Å². The van der Waals surface area contributed by atoms with Gasteiger partial charge in [-0.05, 0) is 35.7 Å².